The molecule has 198 valence electrons. The predicted octanol–water partition coefficient (Wildman–Crippen LogP) is 11.4. The molecule has 4 aromatic carbocycles. The minimum Gasteiger partial charge on any atom is -0.310 e. The van der Waals surface area contributed by atoms with Crippen molar-refractivity contribution in [2.45, 2.75) is 84.5 Å². The molecule has 0 spiro atoms. The van der Waals surface area contributed by atoms with Crippen molar-refractivity contribution in [3.63, 3.8) is 0 Å². The fourth-order valence-corrected chi connectivity index (χ4v) is 5.58. The van der Waals surface area contributed by atoms with E-state index in [1.54, 1.807) is 0 Å². The number of hydrogen-bond donors (Lipinski definition) is 0. The first kappa shape index (κ1) is 27.7. The molecule has 0 bridgehead atoms. The van der Waals surface area contributed by atoms with Gasteiger partial charge in [0, 0.05) is 17.1 Å². The van der Waals surface area contributed by atoms with Crippen molar-refractivity contribution in [2.24, 2.45) is 0 Å². The highest BCUT2D eigenvalue weighted by Gasteiger charge is 2.24. The molecule has 0 unspecified atom stereocenters. The zero-order valence-corrected chi connectivity index (χ0v) is 23.9. The third-order valence-electron chi connectivity index (χ3n) is 7.86. The highest BCUT2D eigenvalue weighted by Crippen LogP contribution is 2.40. The first-order valence-electron chi connectivity index (χ1n) is 14.7. The Kier molecular flexibility index (Phi) is 9.82. The molecule has 0 atom stereocenters. The van der Waals surface area contributed by atoms with E-state index in [9.17, 15) is 0 Å². The van der Waals surface area contributed by atoms with Gasteiger partial charge in [0.25, 0.3) is 0 Å². The van der Waals surface area contributed by atoms with Crippen molar-refractivity contribution in [1.82, 2.24) is 0 Å². The lowest BCUT2D eigenvalue weighted by Gasteiger charge is -2.31. The van der Waals surface area contributed by atoms with Crippen LogP contribution in [0.25, 0.3) is 11.1 Å². The molecule has 0 aliphatic heterocycles. The van der Waals surface area contributed by atoms with E-state index in [0.29, 0.717) is 0 Å². The molecule has 0 N–H and O–H groups in total. The number of nitrogens with zero attached hydrogens (tertiary/aromatic N) is 1. The normalized spacial score (nSPS) is 11.5. The number of aryl methyl sites for hydroxylation is 1. The maximum absolute atomic E-state index is 2.47. The molecule has 4 aromatic rings. The van der Waals surface area contributed by atoms with Gasteiger partial charge >= 0.3 is 0 Å². The average Bonchev–Trinajstić information content (AvgIpc) is 2.96. The summed E-state index contributed by atoms with van der Waals surface area (Å²) in [6.07, 6.45) is 10.4. The molecule has 0 heterocycles. The molecule has 0 aliphatic rings. The van der Waals surface area contributed by atoms with Gasteiger partial charge in [0.05, 0.1) is 0 Å². The fourth-order valence-electron chi connectivity index (χ4n) is 5.58. The second-order valence-corrected chi connectivity index (χ2v) is 11.2. The number of rotatable bonds is 13. The van der Waals surface area contributed by atoms with E-state index >= 15 is 0 Å². The van der Waals surface area contributed by atoms with Crippen LogP contribution >= 0.6 is 0 Å². The standard InChI is InChI=1S/C37H45N/c1-5-7-8-9-10-17-28-37(3,4)36-29-35(27-22-30(36)6-2)38(33-20-15-12-16-21-33)34-25-23-32(24-26-34)31-18-13-11-14-19-31/h11-16,18-27,29H,5-10,17,28H2,1-4H3. The Morgan fingerprint density at radius 1 is 0.553 bits per heavy atom. The van der Waals surface area contributed by atoms with Gasteiger partial charge in [-0.3, -0.25) is 0 Å². The summed E-state index contributed by atoms with van der Waals surface area (Å²) in [6.45, 7) is 9.47. The largest absolute Gasteiger partial charge is 0.310 e. The van der Waals surface area contributed by atoms with E-state index in [0.717, 1.165) is 6.42 Å². The summed E-state index contributed by atoms with van der Waals surface area (Å²) in [5, 5.41) is 0. The molecule has 0 saturated carbocycles. The second kappa shape index (κ2) is 13.5. The van der Waals surface area contributed by atoms with Gasteiger partial charge in [-0.1, -0.05) is 133 Å². The predicted molar refractivity (Wildman–Crippen MR) is 167 cm³/mol. The molecule has 0 aromatic heterocycles. The van der Waals surface area contributed by atoms with Gasteiger partial charge in [-0.15, -0.1) is 0 Å². The van der Waals surface area contributed by atoms with E-state index < -0.39 is 0 Å². The van der Waals surface area contributed by atoms with Gasteiger partial charge in [0.1, 0.15) is 0 Å². The molecule has 1 nitrogen and oxygen atoms in total. The van der Waals surface area contributed by atoms with Crippen molar-refractivity contribution < 1.29 is 0 Å². The zero-order valence-electron chi connectivity index (χ0n) is 23.9. The molecule has 0 saturated heterocycles. The second-order valence-electron chi connectivity index (χ2n) is 11.2. The van der Waals surface area contributed by atoms with Gasteiger partial charge in [0.2, 0.25) is 0 Å². The van der Waals surface area contributed by atoms with Crippen LogP contribution in [-0.2, 0) is 11.8 Å². The maximum atomic E-state index is 2.47. The Morgan fingerprint density at radius 2 is 1.11 bits per heavy atom. The summed E-state index contributed by atoms with van der Waals surface area (Å²) in [7, 11) is 0. The van der Waals surface area contributed by atoms with Crippen molar-refractivity contribution in [2.75, 3.05) is 4.90 Å². The summed E-state index contributed by atoms with van der Waals surface area (Å²) in [4.78, 5) is 2.40. The maximum Gasteiger partial charge on any atom is 0.0464 e. The van der Waals surface area contributed by atoms with E-state index in [1.165, 1.54) is 84.3 Å². The van der Waals surface area contributed by atoms with Crippen LogP contribution < -0.4 is 4.90 Å². The summed E-state index contributed by atoms with van der Waals surface area (Å²) >= 11 is 0. The van der Waals surface area contributed by atoms with Crippen LogP contribution in [0.5, 0.6) is 0 Å². The molecular formula is C37H45N. The Balaban J connectivity index is 1.66. The van der Waals surface area contributed by atoms with E-state index in [2.05, 4.69) is 136 Å². The number of anilines is 3. The van der Waals surface area contributed by atoms with E-state index in [4.69, 9.17) is 0 Å². The number of hydrogen-bond acceptors (Lipinski definition) is 1. The molecule has 0 amide bonds. The van der Waals surface area contributed by atoms with Gasteiger partial charge < -0.3 is 4.90 Å². The van der Waals surface area contributed by atoms with Gasteiger partial charge in [-0.05, 0) is 76.9 Å². The Labute approximate surface area is 231 Å². The lowest BCUT2D eigenvalue weighted by Crippen LogP contribution is -2.20. The first-order valence-corrected chi connectivity index (χ1v) is 14.7. The lowest BCUT2D eigenvalue weighted by atomic mass is 9.77. The highest BCUT2D eigenvalue weighted by molar-refractivity contribution is 5.78. The van der Waals surface area contributed by atoms with E-state index in [1.807, 2.05) is 0 Å². The third-order valence-corrected chi connectivity index (χ3v) is 7.86. The summed E-state index contributed by atoms with van der Waals surface area (Å²) < 4.78 is 0. The number of benzene rings is 4. The van der Waals surface area contributed by atoms with Gasteiger partial charge in [-0.25, -0.2) is 0 Å². The molecule has 38 heavy (non-hydrogen) atoms. The van der Waals surface area contributed by atoms with E-state index in [-0.39, 0.29) is 5.41 Å². The minimum absolute atomic E-state index is 0.144. The van der Waals surface area contributed by atoms with Crippen molar-refractivity contribution >= 4 is 17.1 Å². The monoisotopic (exact) mass is 503 g/mol. The summed E-state index contributed by atoms with van der Waals surface area (Å²) in [5.74, 6) is 0. The quantitative estimate of drug-likeness (QED) is 0.164. The summed E-state index contributed by atoms with van der Waals surface area (Å²) in [6, 6.07) is 37.5. The molecule has 0 aliphatic carbocycles. The van der Waals surface area contributed by atoms with Crippen molar-refractivity contribution in [3.8, 4) is 11.1 Å². The average molecular weight is 504 g/mol. The molecule has 0 radical (unpaired) electrons. The van der Waals surface area contributed by atoms with Crippen molar-refractivity contribution in [1.29, 1.82) is 0 Å². The van der Waals surface area contributed by atoms with Crippen LogP contribution in [0.15, 0.2) is 103 Å². The highest BCUT2D eigenvalue weighted by atomic mass is 15.1. The third kappa shape index (κ3) is 6.95. The fraction of sp³-hybridized carbons (Fsp3) is 0.351. The number of unbranched alkanes of at least 4 members (excludes halogenated alkanes) is 5. The molecule has 0 fully saturated rings. The Bertz CT molecular complexity index is 1240. The van der Waals surface area contributed by atoms with Crippen LogP contribution in [-0.4, -0.2) is 0 Å². The van der Waals surface area contributed by atoms with Crippen LogP contribution in [0.2, 0.25) is 0 Å². The molecular weight excluding hydrogens is 458 g/mol. The van der Waals surface area contributed by atoms with Crippen LogP contribution in [0, 0.1) is 0 Å². The van der Waals surface area contributed by atoms with Crippen LogP contribution in [0.1, 0.15) is 83.8 Å². The minimum atomic E-state index is 0.144. The van der Waals surface area contributed by atoms with Crippen molar-refractivity contribution in [3.05, 3.63) is 114 Å². The Morgan fingerprint density at radius 3 is 1.76 bits per heavy atom. The molecule has 4 rings (SSSR count). The van der Waals surface area contributed by atoms with Crippen LogP contribution in [0.3, 0.4) is 0 Å². The topological polar surface area (TPSA) is 3.24 Å². The van der Waals surface area contributed by atoms with Gasteiger partial charge in [-0.2, -0.15) is 0 Å². The van der Waals surface area contributed by atoms with Gasteiger partial charge in [0.15, 0.2) is 0 Å². The molecule has 1 heteroatoms. The number of para-hydroxylation sites is 1. The zero-order chi connectivity index (χ0) is 26.8. The first-order chi connectivity index (χ1) is 18.5. The summed E-state index contributed by atoms with van der Waals surface area (Å²) in [5.41, 5.74) is 9.19. The smallest absolute Gasteiger partial charge is 0.0464 e. The van der Waals surface area contributed by atoms with Crippen LogP contribution in [0.4, 0.5) is 17.1 Å². The Hall–Kier alpha value is -3.32. The SMILES string of the molecule is CCCCCCCCC(C)(C)c1cc(N(c2ccccc2)c2ccc(-c3ccccc3)cc2)ccc1CC. The lowest BCUT2D eigenvalue weighted by molar-refractivity contribution is 0.440.